The van der Waals surface area contributed by atoms with Crippen molar-refractivity contribution >= 4 is 17.9 Å². The molecule has 2 atom stereocenters. The van der Waals surface area contributed by atoms with Gasteiger partial charge in [0, 0.05) is 13.1 Å². The molecule has 0 bridgehead atoms. The van der Waals surface area contributed by atoms with Gasteiger partial charge in [-0.1, -0.05) is 97.1 Å². The van der Waals surface area contributed by atoms with Crippen LogP contribution in [0.3, 0.4) is 0 Å². The van der Waals surface area contributed by atoms with Crippen LogP contribution in [0.25, 0.3) is 0 Å². The fraction of sp³-hybridized carbons (Fsp3) is 0.357. The van der Waals surface area contributed by atoms with Crippen molar-refractivity contribution in [3.63, 3.8) is 0 Å². The summed E-state index contributed by atoms with van der Waals surface area (Å²) in [5.74, 6) is -5.02. The number of aliphatic carboxylic acids is 3. The zero-order chi connectivity index (χ0) is 38.4. The fourth-order valence-corrected chi connectivity index (χ4v) is 5.97. The zero-order valence-electron chi connectivity index (χ0n) is 31.0. The normalized spacial score (nSPS) is 12.6. The number of benzene rings is 4. The highest BCUT2D eigenvalue weighted by molar-refractivity contribution is 5.88. The average molecular weight is 713 g/mol. The first kappa shape index (κ1) is 41.5. The average Bonchev–Trinajstić information content (AvgIpc) is 3.08. The van der Waals surface area contributed by atoms with E-state index in [0.717, 1.165) is 25.9 Å². The second-order valence-corrected chi connectivity index (χ2v) is 13.6. The van der Waals surface area contributed by atoms with Gasteiger partial charge in [-0.15, -0.1) is 0 Å². The Bertz CT molecular complexity index is 1640. The van der Waals surface area contributed by atoms with Crippen LogP contribution < -0.4 is 0 Å². The van der Waals surface area contributed by atoms with Crippen molar-refractivity contribution in [1.82, 2.24) is 9.80 Å². The van der Waals surface area contributed by atoms with Gasteiger partial charge in [0.05, 0.1) is 12.8 Å². The first-order chi connectivity index (χ1) is 24.6. The van der Waals surface area contributed by atoms with Gasteiger partial charge in [-0.2, -0.15) is 0 Å². The van der Waals surface area contributed by atoms with E-state index in [1.54, 1.807) is 0 Å². The molecule has 10 nitrogen and oxygen atoms in total. The largest absolute Gasteiger partial charge is 0.481 e. The van der Waals surface area contributed by atoms with Gasteiger partial charge in [0.1, 0.15) is 12.2 Å². The van der Waals surface area contributed by atoms with Crippen LogP contribution in [-0.4, -0.2) is 95.0 Å². The van der Waals surface area contributed by atoms with Crippen LogP contribution in [0.1, 0.15) is 69.6 Å². The molecule has 0 amide bonds. The molecular weight excluding hydrogens is 660 g/mol. The molecule has 0 heterocycles. The van der Waals surface area contributed by atoms with E-state index in [4.69, 9.17) is 25.2 Å². The van der Waals surface area contributed by atoms with Gasteiger partial charge in [0.15, 0.2) is 5.60 Å². The number of carbonyl (C=O) groups is 3. The number of hydrogen-bond donors (Lipinski definition) is 4. The molecule has 4 rings (SSSR count). The van der Waals surface area contributed by atoms with Crippen LogP contribution in [0, 0.1) is 13.8 Å². The minimum atomic E-state index is -2.74. The maximum Gasteiger partial charge on any atom is 0.336 e. The summed E-state index contributed by atoms with van der Waals surface area (Å²) in [6, 6.07) is 34.8. The Morgan fingerprint density at radius 3 is 1.27 bits per heavy atom. The van der Waals surface area contributed by atoms with Gasteiger partial charge < -0.3 is 35.0 Å². The van der Waals surface area contributed by atoms with Gasteiger partial charge in [-0.05, 0) is 99.4 Å². The first-order valence-electron chi connectivity index (χ1n) is 17.2. The highest BCUT2D eigenvalue weighted by atomic mass is 16.5. The molecule has 0 saturated heterocycles. The first-order valence-corrected chi connectivity index (χ1v) is 17.2. The van der Waals surface area contributed by atoms with Gasteiger partial charge in [-0.25, -0.2) is 4.79 Å². The minimum absolute atomic E-state index is 0.194. The van der Waals surface area contributed by atoms with E-state index in [1.165, 1.54) is 44.5 Å². The minimum Gasteiger partial charge on any atom is -0.481 e. The summed E-state index contributed by atoms with van der Waals surface area (Å²) in [6.07, 6.45) is -0.642. The van der Waals surface area contributed by atoms with E-state index in [0.29, 0.717) is 0 Å². The monoisotopic (exact) mass is 712 g/mol. The van der Waals surface area contributed by atoms with E-state index in [9.17, 15) is 14.4 Å². The maximum absolute atomic E-state index is 10.3. The molecule has 0 aliphatic rings. The summed E-state index contributed by atoms with van der Waals surface area (Å²) in [4.78, 5) is 35.0. The smallest absolute Gasteiger partial charge is 0.336 e. The number of likely N-dealkylation sites (N-methyl/N-ethyl adjacent to an activating group) is 2. The summed E-state index contributed by atoms with van der Waals surface area (Å²) in [7, 11) is 8.53. The topological polar surface area (TPSA) is 148 Å². The third kappa shape index (κ3) is 12.1. The molecule has 0 aliphatic heterocycles. The van der Waals surface area contributed by atoms with E-state index < -0.39 is 36.4 Å². The number of nitrogens with zero attached hydrogens (tertiary/aromatic N) is 2. The molecule has 0 aromatic heterocycles. The Hall–Kier alpha value is -4.87. The molecule has 278 valence electrons. The number of aliphatic hydroxyl groups is 1. The summed E-state index contributed by atoms with van der Waals surface area (Å²) in [6.45, 7) is 6.55. The van der Waals surface area contributed by atoms with Gasteiger partial charge in [0.25, 0.3) is 0 Å². The standard InChI is InChI=1S/C36H44N2O.C6H8O7/c1-27-29(23-25-37(3)4)19-13-21-33(27)35(31-15-9-7-10-16-31)39-36(32-17-11-8-12-18-32)34-22-14-20-30(28(34)2)24-26-38(5)6;7-3(8)1-6(13,5(11)12)2-4(9)10/h7-22,35-36H,23-26H2,1-6H3;13H,1-2H2,(H,7,8)(H,9,10)(H,11,12). The Labute approximate surface area is 306 Å². The molecule has 4 aromatic carbocycles. The SMILES string of the molecule is Cc1c(CCN(C)C)cccc1C(OC(c1ccccc1)c1cccc(CCN(C)C)c1C)c1ccccc1.O=C(O)CC(O)(CC(=O)O)C(=O)O. The van der Waals surface area contributed by atoms with E-state index >= 15 is 0 Å². The zero-order valence-corrected chi connectivity index (χ0v) is 31.0. The van der Waals surface area contributed by atoms with Crippen LogP contribution >= 0.6 is 0 Å². The van der Waals surface area contributed by atoms with Crippen LogP contribution in [0.5, 0.6) is 0 Å². The second kappa shape index (κ2) is 19.7. The van der Waals surface area contributed by atoms with E-state index in [2.05, 4.69) is 149 Å². The Morgan fingerprint density at radius 1 is 0.596 bits per heavy atom. The third-order valence-electron chi connectivity index (χ3n) is 8.96. The lowest BCUT2D eigenvalue weighted by Gasteiger charge is -2.30. The van der Waals surface area contributed by atoms with Crippen molar-refractivity contribution < 1.29 is 39.5 Å². The molecule has 0 spiro atoms. The number of ether oxygens (including phenoxy) is 1. The highest BCUT2D eigenvalue weighted by Gasteiger charge is 2.40. The quantitative estimate of drug-likeness (QED) is 0.100. The van der Waals surface area contributed by atoms with Crippen molar-refractivity contribution in [3.05, 3.63) is 142 Å². The van der Waals surface area contributed by atoms with Crippen molar-refractivity contribution in [2.24, 2.45) is 0 Å². The van der Waals surface area contributed by atoms with Crippen molar-refractivity contribution in [2.45, 2.75) is 57.3 Å². The molecule has 4 aromatic rings. The molecule has 0 saturated carbocycles. The third-order valence-corrected chi connectivity index (χ3v) is 8.96. The molecule has 10 heteroatoms. The molecular formula is C42H52N2O8. The lowest BCUT2D eigenvalue weighted by molar-refractivity contribution is -0.170. The van der Waals surface area contributed by atoms with E-state index in [1.807, 2.05) is 0 Å². The molecule has 4 N–H and O–H groups in total. The van der Waals surface area contributed by atoms with Gasteiger partial charge in [0.2, 0.25) is 0 Å². The Kier molecular flexibility index (Phi) is 15.7. The molecule has 0 radical (unpaired) electrons. The van der Waals surface area contributed by atoms with Crippen molar-refractivity contribution in [3.8, 4) is 0 Å². The molecule has 0 aliphatic carbocycles. The Balaban J connectivity index is 0.000000478. The predicted molar refractivity (Wildman–Crippen MR) is 202 cm³/mol. The number of carboxylic acid groups (broad SMARTS) is 3. The molecule has 2 unspecified atom stereocenters. The maximum atomic E-state index is 10.3. The Morgan fingerprint density at radius 2 is 0.962 bits per heavy atom. The van der Waals surface area contributed by atoms with Crippen molar-refractivity contribution in [2.75, 3.05) is 41.3 Å². The van der Waals surface area contributed by atoms with Gasteiger partial charge in [-0.3, -0.25) is 9.59 Å². The predicted octanol–water partition coefficient (Wildman–Crippen LogP) is 6.16. The molecule has 52 heavy (non-hydrogen) atoms. The number of hydrogen-bond acceptors (Lipinski definition) is 7. The fourth-order valence-electron chi connectivity index (χ4n) is 5.97. The van der Waals surface area contributed by atoms with Gasteiger partial charge >= 0.3 is 17.9 Å². The lowest BCUT2D eigenvalue weighted by atomic mass is 9.90. The van der Waals surface area contributed by atoms with Crippen molar-refractivity contribution in [1.29, 1.82) is 0 Å². The summed E-state index contributed by atoms with van der Waals surface area (Å²) >= 11 is 0. The van der Waals surface area contributed by atoms with E-state index in [-0.39, 0.29) is 12.2 Å². The number of rotatable bonds is 17. The van der Waals surface area contributed by atoms with Crippen LogP contribution in [0.4, 0.5) is 0 Å². The van der Waals surface area contributed by atoms with Crippen LogP contribution in [0.15, 0.2) is 97.1 Å². The van der Waals surface area contributed by atoms with Crippen LogP contribution in [0.2, 0.25) is 0 Å². The highest BCUT2D eigenvalue weighted by Crippen LogP contribution is 2.39. The molecule has 0 fully saturated rings. The lowest BCUT2D eigenvalue weighted by Crippen LogP contribution is -2.42. The summed E-state index contributed by atoms with van der Waals surface area (Å²) in [5, 5.41) is 33.8. The summed E-state index contributed by atoms with van der Waals surface area (Å²) < 4.78 is 7.30. The van der Waals surface area contributed by atoms with Crippen LogP contribution in [-0.2, 0) is 32.0 Å². The second-order valence-electron chi connectivity index (χ2n) is 13.6. The number of carboxylic acids is 3. The summed E-state index contributed by atoms with van der Waals surface area (Å²) in [5.41, 5.74) is 7.47.